The van der Waals surface area contributed by atoms with E-state index in [4.69, 9.17) is 9.98 Å². The van der Waals surface area contributed by atoms with Crippen LogP contribution in [0.25, 0.3) is 10.8 Å². The molecule has 58 heavy (non-hydrogen) atoms. The summed E-state index contributed by atoms with van der Waals surface area (Å²) < 4.78 is 0. The normalized spacial score (nSPS) is 13.7. The first-order valence-corrected chi connectivity index (χ1v) is 20.7. The van der Waals surface area contributed by atoms with Crippen molar-refractivity contribution in [2.45, 2.75) is 52.4 Å². The highest BCUT2D eigenvalue weighted by atomic mass is 14.9. The van der Waals surface area contributed by atoms with E-state index in [1.807, 2.05) is 0 Å². The zero-order chi connectivity index (χ0) is 39.6. The smallest absolute Gasteiger partial charge is 0.0979 e. The number of hydrogen-bond donors (Lipinski definition) is 0. The number of nitrogens with zero attached hydrogens (tertiary/aromatic N) is 2. The summed E-state index contributed by atoms with van der Waals surface area (Å²) in [7, 11) is 0. The van der Waals surface area contributed by atoms with Crippen molar-refractivity contribution < 1.29 is 0 Å². The van der Waals surface area contributed by atoms with E-state index in [0.29, 0.717) is 0 Å². The van der Waals surface area contributed by atoms with Gasteiger partial charge in [0.05, 0.1) is 22.8 Å². The van der Waals surface area contributed by atoms with Crippen LogP contribution < -0.4 is 0 Å². The molecule has 0 atom stereocenters. The van der Waals surface area contributed by atoms with E-state index in [9.17, 15) is 0 Å². The third-order valence-electron chi connectivity index (χ3n) is 11.7. The summed E-state index contributed by atoms with van der Waals surface area (Å²) in [6.07, 6.45) is 1.81. The Morgan fingerprint density at radius 2 is 0.759 bits per heavy atom. The van der Waals surface area contributed by atoms with Gasteiger partial charge in [0.15, 0.2) is 0 Å². The van der Waals surface area contributed by atoms with Crippen molar-refractivity contribution in [2.24, 2.45) is 9.98 Å². The maximum absolute atomic E-state index is 6.07. The van der Waals surface area contributed by atoms with Crippen LogP contribution in [0.1, 0.15) is 92.4 Å². The van der Waals surface area contributed by atoms with E-state index in [-0.39, 0.29) is 11.8 Å². The van der Waals surface area contributed by atoms with E-state index in [1.165, 1.54) is 66.4 Å². The molecule has 0 aliphatic heterocycles. The van der Waals surface area contributed by atoms with E-state index in [0.717, 1.165) is 46.8 Å². The zero-order valence-electron chi connectivity index (χ0n) is 33.8. The van der Waals surface area contributed by atoms with Gasteiger partial charge < -0.3 is 0 Å². The maximum Gasteiger partial charge on any atom is 0.0979 e. The summed E-state index contributed by atoms with van der Waals surface area (Å²) in [5.41, 5.74) is 18.5. The molecule has 0 radical (unpaired) electrons. The Hall–Kier alpha value is -6.64. The van der Waals surface area contributed by atoms with E-state index in [1.54, 1.807) is 0 Å². The number of rotatable bonds is 10. The molecule has 0 unspecified atom stereocenters. The molecule has 0 bridgehead atoms. The molecule has 0 amide bonds. The summed E-state index contributed by atoms with van der Waals surface area (Å²) in [4.78, 5) is 11.8. The van der Waals surface area contributed by atoms with Gasteiger partial charge >= 0.3 is 0 Å². The van der Waals surface area contributed by atoms with Crippen LogP contribution in [0.15, 0.2) is 192 Å². The molecule has 0 fully saturated rings. The topological polar surface area (TPSA) is 24.7 Å². The van der Waals surface area contributed by atoms with Gasteiger partial charge in [0, 0.05) is 28.3 Å². The van der Waals surface area contributed by atoms with Crippen LogP contribution in [0, 0.1) is 13.8 Å². The lowest BCUT2D eigenvalue weighted by molar-refractivity contribution is 0.934. The van der Waals surface area contributed by atoms with Crippen LogP contribution in [-0.2, 0) is 12.8 Å². The van der Waals surface area contributed by atoms with Gasteiger partial charge in [-0.15, -0.1) is 0 Å². The number of aliphatic imine (C=N–C) groups is 2. The summed E-state index contributed by atoms with van der Waals surface area (Å²) in [5.74, 6) is -0.133. The summed E-state index contributed by atoms with van der Waals surface area (Å²) in [6, 6.07) is 66.4. The van der Waals surface area contributed by atoms with Crippen molar-refractivity contribution in [2.75, 3.05) is 0 Å². The zero-order valence-corrected chi connectivity index (χ0v) is 33.8. The Kier molecular flexibility index (Phi) is 10.2. The SMILES string of the molecule is CCc1cc(C)cc(CC)c1N=C1C(=Nc2c(C(c3ccccc3)c3ccccc3)cc(C)cc2C(c2ccccc2)c2ccccc2)c2cccc3cccc1c23. The van der Waals surface area contributed by atoms with Crippen molar-refractivity contribution in [3.63, 3.8) is 0 Å². The summed E-state index contributed by atoms with van der Waals surface area (Å²) >= 11 is 0. The molecule has 8 aromatic rings. The van der Waals surface area contributed by atoms with Crippen molar-refractivity contribution >= 4 is 33.6 Å². The summed E-state index contributed by atoms with van der Waals surface area (Å²) in [5, 5.41) is 2.41. The van der Waals surface area contributed by atoms with Gasteiger partial charge in [-0.25, -0.2) is 9.98 Å². The quantitative estimate of drug-likeness (QED) is 0.124. The van der Waals surface area contributed by atoms with Crippen LogP contribution in [0.4, 0.5) is 11.4 Å². The molecule has 0 N–H and O–H groups in total. The minimum Gasteiger partial charge on any atom is -0.246 e. The second-order valence-electron chi connectivity index (χ2n) is 15.6. The molecule has 0 aromatic heterocycles. The minimum atomic E-state index is -0.0666. The van der Waals surface area contributed by atoms with Crippen LogP contribution in [-0.4, -0.2) is 11.4 Å². The van der Waals surface area contributed by atoms with Crippen LogP contribution in [0.2, 0.25) is 0 Å². The molecule has 282 valence electrons. The van der Waals surface area contributed by atoms with Gasteiger partial charge in [-0.2, -0.15) is 0 Å². The lowest BCUT2D eigenvalue weighted by Crippen LogP contribution is -2.14. The van der Waals surface area contributed by atoms with Crippen molar-refractivity contribution in [3.05, 3.63) is 249 Å². The van der Waals surface area contributed by atoms with E-state index < -0.39 is 0 Å². The Labute approximate surface area is 343 Å². The molecule has 0 saturated heterocycles. The maximum atomic E-state index is 6.07. The molecule has 9 rings (SSSR count). The van der Waals surface area contributed by atoms with Crippen molar-refractivity contribution in [1.29, 1.82) is 0 Å². The van der Waals surface area contributed by atoms with Crippen LogP contribution in [0.3, 0.4) is 0 Å². The van der Waals surface area contributed by atoms with Gasteiger partial charge in [0.25, 0.3) is 0 Å². The molecule has 2 nitrogen and oxygen atoms in total. The molecule has 1 aliphatic rings. The second-order valence-corrected chi connectivity index (χ2v) is 15.6. The molecular formula is C56H48N2. The molecular weight excluding hydrogens is 701 g/mol. The van der Waals surface area contributed by atoms with Crippen LogP contribution in [0.5, 0.6) is 0 Å². The average molecular weight is 749 g/mol. The minimum absolute atomic E-state index is 0.0666. The fraction of sp³-hybridized carbons (Fsp3) is 0.143. The molecule has 0 saturated carbocycles. The second kappa shape index (κ2) is 16.1. The Morgan fingerprint density at radius 1 is 0.397 bits per heavy atom. The third kappa shape index (κ3) is 6.90. The molecule has 1 aliphatic carbocycles. The predicted octanol–water partition coefficient (Wildman–Crippen LogP) is 14.2. The monoisotopic (exact) mass is 748 g/mol. The lowest BCUT2D eigenvalue weighted by atomic mass is 9.78. The Balaban J connectivity index is 1.42. The first-order chi connectivity index (χ1) is 28.5. The summed E-state index contributed by atoms with van der Waals surface area (Å²) in [6.45, 7) is 8.91. The lowest BCUT2D eigenvalue weighted by Gasteiger charge is -2.27. The standard InChI is InChI=1S/C56H48N2/c1-5-39-33-37(3)34-40(6-2)53(39)57-55-46-31-19-29-45-30-20-32-47(52(45)46)56(55)58-54-48(50(41-21-11-7-12-22-41)42-23-13-8-14-24-42)35-38(4)36-49(54)51(43-25-15-9-16-26-43)44-27-17-10-18-28-44/h7-36,50-51H,5-6H2,1-4H3. The first-order valence-electron chi connectivity index (χ1n) is 20.7. The number of benzene rings is 8. The van der Waals surface area contributed by atoms with E-state index in [2.05, 4.69) is 210 Å². The fourth-order valence-electron chi connectivity index (χ4n) is 9.15. The Morgan fingerprint density at radius 3 is 1.14 bits per heavy atom. The largest absolute Gasteiger partial charge is 0.246 e. The average Bonchev–Trinajstić information content (AvgIpc) is 3.56. The van der Waals surface area contributed by atoms with Gasteiger partial charge in [-0.05, 0) is 76.6 Å². The molecule has 8 aromatic carbocycles. The fourth-order valence-corrected chi connectivity index (χ4v) is 9.15. The van der Waals surface area contributed by atoms with Crippen molar-refractivity contribution in [3.8, 4) is 0 Å². The van der Waals surface area contributed by atoms with Gasteiger partial charge in [0.2, 0.25) is 0 Å². The highest BCUT2D eigenvalue weighted by Gasteiger charge is 2.32. The number of hydrogen-bond acceptors (Lipinski definition) is 2. The predicted molar refractivity (Wildman–Crippen MR) is 245 cm³/mol. The van der Waals surface area contributed by atoms with Gasteiger partial charge in [-0.3, -0.25) is 0 Å². The highest BCUT2D eigenvalue weighted by molar-refractivity contribution is 6.61. The van der Waals surface area contributed by atoms with Gasteiger partial charge in [-0.1, -0.05) is 207 Å². The van der Waals surface area contributed by atoms with Crippen molar-refractivity contribution in [1.82, 2.24) is 0 Å². The third-order valence-corrected chi connectivity index (χ3v) is 11.7. The number of aryl methyl sites for hydroxylation is 4. The molecule has 0 heterocycles. The Bertz CT molecular complexity index is 2590. The molecule has 2 heteroatoms. The van der Waals surface area contributed by atoms with Crippen LogP contribution >= 0.6 is 0 Å². The molecule has 0 spiro atoms. The van der Waals surface area contributed by atoms with Gasteiger partial charge in [0.1, 0.15) is 0 Å². The first kappa shape index (κ1) is 37.0. The van der Waals surface area contributed by atoms with E-state index >= 15 is 0 Å². The highest BCUT2D eigenvalue weighted by Crippen LogP contribution is 2.47.